The van der Waals surface area contributed by atoms with Crippen LogP contribution in [0.5, 0.6) is 0 Å². The maximum Gasteiger partial charge on any atom is 0.417 e. The molecule has 0 bridgehead atoms. The first-order chi connectivity index (χ1) is 13.9. The van der Waals surface area contributed by atoms with Crippen LogP contribution in [0.3, 0.4) is 0 Å². The summed E-state index contributed by atoms with van der Waals surface area (Å²) in [6, 6.07) is 15.0. The zero-order valence-electron chi connectivity index (χ0n) is 15.7. The van der Waals surface area contributed by atoms with E-state index in [1.54, 1.807) is 6.07 Å². The number of amides is 1. The quantitative estimate of drug-likeness (QED) is 0.835. The minimum atomic E-state index is -4.57. The first-order valence-electron chi connectivity index (χ1n) is 9.26. The Morgan fingerprint density at radius 3 is 2.38 bits per heavy atom. The monoisotopic (exact) mass is 402 g/mol. The largest absolute Gasteiger partial charge is 0.417 e. The summed E-state index contributed by atoms with van der Waals surface area (Å²) >= 11 is 0. The number of anilines is 1. The molecule has 0 radical (unpaired) electrons. The van der Waals surface area contributed by atoms with Crippen molar-refractivity contribution in [2.45, 2.75) is 12.7 Å². The third-order valence-electron chi connectivity index (χ3n) is 4.87. The summed E-state index contributed by atoms with van der Waals surface area (Å²) < 4.78 is 39.5. The summed E-state index contributed by atoms with van der Waals surface area (Å²) in [6.45, 7) is 2.87. The average molecular weight is 402 g/mol. The minimum Gasteiger partial charge on any atom is -0.369 e. The van der Waals surface area contributed by atoms with E-state index in [4.69, 9.17) is 5.26 Å². The number of hydrogen-bond acceptors (Lipinski definition) is 4. The van der Waals surface area contributed by atoms with Crippen molar-refractivity contribution in [3.8, 4) is 6.07 Å². The lowest BCUT2D eigenvalue weighted by molar-refractivity contribution is -0.137. The van der Waals surface area contributed by atoms with Crippen LogP contribution in [0, 0.1) is 11.3 Å². The van der Waals surface area contributed by atoms with Gasteiger partial charge in [0.1, 0.15) is 0 Å². The highest BCUT2D eigenvalue weighted by Crippen LogP contribution is 2.34. The number of alkyl halides is 3. The van der Waals surface area contributed by atoms with Crippen molar-refractivity contribution >= 4 is 11.6 Å². The molecule has 2 aromatic carbocycles. The predicted octanol–water partition coefficient (Wildman–Crippen LogP) is 3.02. The lowest BCUT2D eigenvalue weighted by atomic mass is 10.1. The van der Waals surface area contributed by atoms with Crippen molar-refractivity contribution < 1.29 is 18.0 Å². The lowest BCUT2D eigenvalue weighted by Gasteiger charge is -2.36. The zero-order chi connectivity index (χ0) is 20.9. The molecule has 5 nitrogen and oxygen atoms in total. The molecule has 152 valence electrons. The maximum atomic E-state index is 13.2. The molecular weight excluding hydrogens is 381 g/mol. The Morgan fingerprint density at radius 2 is 1.76 bits per heavy atom. The first-order valence-corrected chi connectivity index (χ1v) is 9.26. The van der Waals surface area contributed by atoms with Gasteiger partial charge in [0, 0.05) is 38.4 Å². The van der Waals surface area contributed by atoms with E-state index in [2.05, 4.69) is 5.32 Å². The van der Waals surface area contributed by atoms with E-state index >= 15 is 0 Å². The van der Waals surface area contributed by atoms with E-state index in [9.17, 15) is 18.0 Å². The molecule has 3 rings (SSSR count). The van der Waals surface area contributed by atoms with Crippen molar-refractivity contribution in [2.24, 2.45) is 0 Å². The van der Waals surface area contributed by atoms with Gasteiger partial charge in [0.05, 0.1) is 23.7 Å². The molecule has 1 N–H and O–H groups in total. The molecule has 0 aromatic heterocycles. The molecule has 1 aliphatic heterocycles. The second-order valence-electron chi connectivity index (χ2n) is 6.86. The van der Waals surface area contributed by atoms with Gasteiger partial charge in [0.25, 0.3) is 0 Å². The van der Waals surface area contributed by atoms with Crippen LogP contribution in [0.25, 0.3) is 0 Å². The number of carbonyl (C=O) groups excluding carboxylic acids is 1. The summed E-state index contributed by atoms with van der Waals surface area (Å²) in [4.78, 5) is 16.0. The fourth-order valence-electron chi connectivity index (χ4n) is 3.28. The molecule has 0 unspecified atom stereocenters. The number of piperazine rings is 1. The Labute approximate surface area is 167 Å². The second-order valence-corrected chi connectivity index (χ2v) is 6.86. The van der Waals surface area contributed by atoms with Gasteiger partial charge in [0.15, 0.2) is 0 Å². The summed E-state index contributed by atoms with van der Waals surface area (Å²) in [5.74, 6) is -0.0833. The molecule has 1 heterocycles. The highest BCUT2D eigenvalue weighted by molar-refractivity contribution is 5.78. The van der Waals surface area contributed by atoms with Gasteiger partial charge in [0.2, 0.25) is 5.91 Å². The van der Waals surface area contributed by atoms with E-state index in [0.717, 1.165) is 11.6 Å². The topological polar surface area (TPSA) is 59.4 Å². The minimum absolute atomic E-state index is 0.0833. The fourth-order valence-corrected chi connectivity index (χ4v) is 3.28. The van der Waals surface area contributed by atoms with E-state index in [0.29, 0.717) is 38.4 Å². The molecule has 1 fully saturated rings. The van der Waals surface area contributed by atoms with Crippen molar-refractivity contribution in [1.29, 1.82) is 5.26 Å². The maximum absolute atomic E-state index is 13.2. The summed E-state index contributed by atoms with van der Waals surface area (Å²) in [5, 5.41) is 11.8. The molecular formula is C21H21F3N4O. The van der Waals surface area contributed by atoms with Crippen molar-refractivity contribution in [1.82, 2.24) is 10.2 Å². The Hall–Kier alpha value is -3.05. The summed E-state index contributed by atoms with van der Waals surface area (Å²) in [7, 11) is 0. The van der Waals surface area contributed by atoms with E-state index in [1.807, 2.05) is 40.1 Å². The Balaban J connectivity index is 1.53. The number of carbonyl (C=O) groups is 1. The number of nitrogens with zero attached hydrogens (tertiary/aromatic N) is 3. The van der Waals surface area contributed by atoms with Gasteiger partial charge in [-0.2, -0.15) is 18.4 Å². The van der Waals surface area contributed by atoms with Gasteiger partial charge in [-0.3, -0.25) is 9.69 Å². The van der Waals surface area contributed by atoms with E-state index in [1.165, 1.54) is 12.1 Å². The van der Waals surface area contributed by atoms with Crippen LogP contribution in [-0.2, 0) is 17.5 Å². The predicted molar refractivity (Wildman–Crippen MR) is 103 cm³/mol. The Kier molecular flexibility index (Phi) is 6.39. The SMILES string of the molecule is N#Cc1ccc(N2CCN(CC(=O)NCc3ccccc3)CC2)cc1C(F)(F)F. The highest BCUT2D eigenvalue weighted by atomic mass is 19.4. The Morgan fingerprint density at radius 1 is 1.07 bits per heavy atom. The molecule has 1 aliphatic rings. The average Bonchev–Trinajstić information content (AvgIpc) is 2.72. The highest BCUT2D eigenvalue weighted by Gasteiger charge is 2.34. The van der Waals surface area contributed by atoms with E-state index < -0.39 is 11.7 Å². The summed E-state index contributed by atoms with van der Waals surface area (Å²) in [6.07, 6.45) is -4.57. The van der Waals surface area contributed by atoms with Gasteiger partial charge in [-0.25, -0.2) is 0 Å². The van der Waals surface area contributed by atoms with Crippen LogP contribution in [0.15, 0.2) is 48.5 Å². The van der Waals surface area contributed by atoms with Crippen LogP contribution < -0.4 is 10.2 Å². The van der Waals surface area contributed by atoms with Crippen LogP contribution in [-0.4, -0.2) is 43.5 Å². The smallest absolute Gasteiger partial charge is 0.369 e. The van der Waals surface area contributed by atoms with Gasteiger partial charge in [-0.15, -0.1) is 0 Å². The number of rotatable bonds is 5. The van der Waals surface area contributed by atoms with Gasteiger partial charge < -0.3 is 10.2 Å². The van der Waals surface area contributed by atoms with Gasteiger partial charge in [-0.05, 0) is 23.8 Å². The molecule has 0 saturated carbocycles. The van der Waals surface area contributed by atoms with E-state index in [-0.39, 0.29) is 18.0 Å². The van der Waals surface area contributed by atoms with Crippen molar-refractivity contribution in [3.05, 3.63) is 65.2 Å². The number of halogens is 3. The van der Waals surface area contributed by atoms with Gasteiger partial charge >= 0.3 is 6.18 Å². The van der Waals surface area contributed by atoms with Crippen molar-refractivity contribution in [3.63, 3.8) is 0 Å². The Bertz CT molecular complexity index is 885. The molecule has 0 spiro atoms. The third kappa shape index (κ3) is 5.48. The molecule has 0 atom stereocenters. The van der Waals surface area contributed by atoms with Crippen LogP contribution >= 0.6 is 0 Å². The lowest BCUT2D eigenvalue weighted by Crippen LogP contribution is -2.49. The standard InChI is InChI=1S/C21H21F3N4O/c22-21(23,24)19-12-18(7-6-17(19)13-25)28-10-8-27(9-11-28)15-20(29)26-14-16-4-2-1-3-5-16/h1-7,12H,8-11,14-15H2,(H,26,29). The molecule has 8 heteroatoms. The number of nitriles is 1. The van der Waals surface area contributed by atoms with Gasteiger partial charge in [-0.1, -0.05) is 30.3 Å². The first kappa shape index (κ1) is 20.7. The number of nitrogens with one attached hydrogen (secondary N) is 1. The third-order valence-corrected chi connectivity index (χ3v) is 4.87. The summed E-state index contributed by atoms with van der Waals surface area (Å²) in [5.41, 5.74) is 0.159. The molecule has 29 heavy (non-hydrogen) atoms. The van der Waals surface area contributed by atoms with Crippen LogP contribution in [0.4, 0.5) is 18.9 Å². The molecule has 0 aliphatic carbocycles. The number of benzene rings is 2. The normalized spacial score (nSPS) is 15.0. The fraction of sp³-hybridized carbons (Fsp3) is 0.333. The molecule has 1 saturated heterocycles. The van der Waals surface area contributed by atoms with Crippen LogP contribution in [0.2, 0.25) is 0 Å². The molecule has 1 amide bonds. The number of hydrogen-bond donors (Lipinski definition) is 1. The molecule has 2 aromatic rings. The second kappa shape index (κ2) is 8.97. The van der Waals surface area contributed by atoms with Crippen LogP contribution in [0.1, 0.15) is 16.7 Å². The van der Waals surface area contributed by atoms with Crippen molar-refractivity contribution in [2.75, 3.05) is 37.6 Å². The zero-order valence-corrected chi connectivity index (χ0v) is 15.7.